The molecule has 3 fully saturated rings. The van der Waals surface area contributed by atoms with E-state index < -0.39 is 78.5 Å². The second kappa shape index (κ2) is 10.3. The van der Waals surface area contributed by atoms with Crippen molar-refractivity contribution in [3.05, 3.63) is 0 Å². The first-order valence-corrected chi connectivity index (χ1v) is 11.9. The lowest BCUT2D eigenvalue weighted by Crippen LogP contribution is -2.58. The molecule has 0 aromatic carbocycles. The number of carbonyl (C=O) groups is 4. The summed E-state index contributed by atoms with van der Waals surface area (Å²) in [5, 5.41) is 4.97. The molecular weight excluding hydrogens is 471 g/mol. The summed E-state index contributed by atoms with van der Waals surface area (Å²) in [6.45, 7) is 3.14. The van der Waals surface area contributed by atoms with Gasteiger partial charge in [-0.05, 0) is 52.4 Å². The predicted molar refractivity (Wildman–Crippen MR) is 117 cm³/mol. The normalized spacial score (nSPS) is 28.6. The maximum atomic E-state index is 13.5. The van der Waals surface area contributed by atoms with Gasteiger partial charge in [0.15, 0.2) is 0 Å². The van der Waals surface area contributed by atoms with Crippen LogP contribution in [-0.4, -0.2) is 77.6 Å². The maximum absolute atomic E-state index is 13.5. The van der Waals surface area contributed by atoms with E-state index in [9.17, 15) is 32.3 Å². The molecule has 0 radical (unpaired) electrons. The molecule has 3 aliphatic rings. The summed E-state index contributed by atoms with van der Waals surface area (Å²) in [4.78, 5) is 50.8. The van der Waals surface area contributed by atoms with Crippen molar-refractivity contribution in [1.29, 1.82) is 0 Å². The number of nitrogens with zero attached hydrogens (tertiary/aromatic N) is 1. The van der Waals surface area contributed by atoms with Crippen LogP contribution in [0.25, 0.3) is 0 Å². The van der Waals surface area contributed by atoms with Crippen molar-refractivity contribution in [2.75, 3.05) is 13.1 Å². The number of alkyl halides is 3. The molecule has 0 spiro atoms. The molecule has 1 saturated carbocycles. The number of primary amides is 1. The lowest BCUT2D eigenvalue weighted by atomic mass is 9.81. The number of rotatable bonds is 9. The Labute approximate surface area is 201 Å². The van der Waals surface area contributed by atoms with Crippen LogP contribution in [0.3, 0.4) is 0 Å². The van der Waals surface area contributed by atoms with E-state index in [-0.39, 0.29) is 12.3 Å². The second-order valence-electron chi connectivity index (χ2n) is 10.1. The van der Waals surface area contributed by atoms with Gasteiger partial charge in [-0.2, -0.15) is 13.2 Å². The Hall–Kier alpha value is -2.41. The molecule has 2 saturated heterocycles. The first-order chi connectivity index (χ1) is 16.2. The number of nitrogens with two attached hydrogens (primary N) is 2. The van der Waals surface area contributed by atoms with Gasteiger partial charge in [-0.25, -0.2) is 0 Å². The summed E-state index contributed by atoms with van der Waals surface area (Å²) in [5.74, 6) is -5.48. The molecule has 0 unspecified atom stereocenters. The fourth-order valence-electron chi connectivity index (χ4n) is 4.94. The van der Waals surface area contributed by atoms with Gasteiger partial charge in [-0.1, -0.05) is 0 Å². The number of halogens is 3. The Kier molecular flexibility index (Phi) is 7.99. The zero-order chi connectivity index (χ0) is 26.1. The summed E-state index contributed by atoms with van der Waals surface area (Å²) < 4.78 is 46.5. The molecule has 198 valence electrons. The fraction of sp³-hybridized carbons (Fsp3) is 0.818. The van der Waals surface area contributed by atoms with Crippen LogP contribution in [0, 0.1) is 11.8 Å². The van der Waals surface area contributed by atoms with E-state index in [1.165, 1.54) is 0 Å². The van der Waals surface area contributed by atoms with Crippen molar-refractivity contribution < 1.29 is 37.1 Å². The van der Waals surface area contributed by atoms with Crippen molar-refractivity contribution in [3.8, 4) is 0 Å². The summed E-state index contributed by atoms with van der Waals surface area (Å²) in [5.41, 5.74) is 11.0. The third kappa shape index (κ3) is 6.24. The number of hydrogen-bond donors (Lipinski definition) is 4. The number of ether oxygens (including phenoxy) is 1. The van der Waals surface area contributed by atoms with Crippen molar-refractivity contribution >= 4 is 23.6 Å². The minimum Gasteiger partial charge on any atom is -0.370 e. The monoisotopic (exact) mass is 505 g/mol. The van der Waals surface area contributed by atoms with Crippen LogP contribution in [-0.2, 0) is 23.9 Å². The third-order valence-corrected chi connectivity index (χ3v) is 7.37. The summed E-state index contributed by atoms with van der Waals surface area (Å²) in [6, 6.07) is -4.04. The van der Waals surface area contributed by atoms with E-state index in [0.717, 1.165) is 24.2 Å². The van der Waals surface area contributed by atoms with Crippen molar-refractivity contribution in [2.24, 2.45) is 23.3 Å². The van der Waals surface area contributed by atoms with Crippen LogP contribution in [0.15, 0.2) is 0 Å². The van der Waals surface area contributed by atoms with Gasteiger partial charge in [0, 0.05) is 19.0 Å². The molecule has 1 aliphatic carbocycles. The van der Waals surface area contributed by atoms with Crippen molar-refractivity contribution in [3.63, 3.8) is 0 Å². The number of carbonyl (C=O) groups excluding carboxylic acids is 4. The average molecular weight is 506 g/mol. The molecule has 4 amide bonds. The van der Waals surface area contributed by atoms with Crippen LogP contribution < -0.4 is 22.1 Å². The van der Waals surface area contributed by atoms with Gasteiger partial charge in [-0.3, -0.25) is 19.2 Å². The number of likely N-dealkylation sites (tertiary alicyclic amines) is 1. The summed E-state index contributed by atoms with van der Waals surface area (Å²) in [6.07, 6.45) is -3.18. The standard InChI is InChI=1S/C22H34F3N5O5/c1-11(35-21(2)5-3-6-21)16(26)20(34)30-10-13(22(23,24)25)9-15(30)19(33)29-14(17(27)31)8-12-4-7-28-18(12)32/h11-16H,3-10,26H2,1-2H3,(H2,27,31)(H,28,32)(H,29,33)/t11-,12+,13-,14+,15+,16+/m1/s1. The molecular formula is C22H34F3N5O5. The highest BCUT2D eigenvalue weighted by molar-refractivity contribution is 5.93. The van der Waals surface area contributed by atoms with Crippen LogP contribution >= 0.6 is 0 Å². The van der Waals surface area contributed by atoms with Gasteiger partial charge in [-0.15, -0.1) is 0 Å². The lowest BCUT2D eigenvalue weighted by molar-refractivity contribution is -0.171. The maximum Gasteiger partial charge on any atom is 0.393 e. The molecule has 0 aromatic heterocycles. The molecule has 6 atom stereocenters. The number of amides is 4. The third-order valence-electron chi connectivity index (χ3n) is 7.37. The molecule has 3 rings (SSSR count). The van der Waals surface area contributed by atoms with E-state index in [1.807, 2.05) is 6.92 Å². The summed E-state index contributed by atoms with van der Waals surface area (Å²) in [7, 11) is 0. The molecule has 0 bridgehead atoms. The highest BCUT2D eigenvalue weighted by atomic mass is 19.4. The zero-order valence-electron chi connectivity index (χ0n) is 19.9. The molecule has 10 nitrogen and oxygen atoms in total. The highest BCUT2D eigenvalue weighted by Gasteiger charge is 2.52. The summed E-state index contributed by atoms with van der Waals surface area (Å²) >= 11 is 0. The minimum absolute atomic E-state index is 0.0841. The fourth-order valence-corrected chi connectivity index (χ4v) is 4.94. The minimum atomic E-state index is -4.63. The van der Waals surface area contributed by atoms with Gasteiger partial charge < -0.3 is 31.7 Å². The van der Waals surface area contributed by atoms with Gasteiger partial charge in [0.1, 0.15) is 18.1 Å². The first-order valence-electron chi connectivity index (χ1n) is 11.9. The van der Waals surface area contributed by atoms with Gasteiger partial charge in [0.05, 0.1) is 17.6 Å². The van der Waals surface area contributed by atoms with E-state index >= 15 is 0 Å². The number of hydrogen-bond acceptors (Lipinski definition) is 6. The molecule has 2 aliphatic heterocycles. The van der Waals surface area contributed by atoms with E-state index in [0.29, 0.717) is 13.0 Å². The molecule has 35 heavy (non-hydrogen) atoms. The Morgan fingerprint density at radius 3 is 2.46 bits per heavy atom. The first kappa shape index (κ1) is 27.2. The SMILES string of the molecule is C[C@@H](OC1(C)CCC1)[C@H](N)C(=O)N1C[C@H](C(F)(F)F)C[C@H]1C(=O)N[C@@H](C[C@@H]1CCNC1=O)C(N)=O. The number of nitrogens with one attached hydrogen (secondary N) is 2. The molecule has 6 N–H and O–H groups in total. The highest BCUT2D eigenvalue weighted by Crippen LogP contribution is 2.38. The Balaban J connectivity index is 1.73. The van der Waals surface area contributed by atoms with Gasteiger partial charge in [0.2, 0.25) is 23.6 Å². The quantitative estimate of drug-likeness (QED) is 0.344. The Morgan fingerprint density at radius 2 is 1.97 bits per heavy atom. The smallest absolute Gasteiger partial charge is 0.370 e. The second-order valence-corrected chi connectivity index (χ2v) is 10.1. The predicted octanol–water partition coefficient (Wildman–Crippen LogP) is -0.0629. The van der Waals surface area contributed by atoms with E-state index in [2.05, 4.69) is 10.6 Å². The van der Waals surface area contributed by atoms with Gasteiger partial charge in [0.25, 0.3) is 0 Å². The lowest BCUT2D eigenvalue weighted by Gasteiger charge is -2.42. The van der Waals surface area contributed by atoms with E-state index in [1.54, 1.807) is 6.92 Å². The van der Waals surface area contributed by atoms with Crippen LogP contribution in [0.4, 0.5) is 13.2 Å². The largest absolute Gasteiger partial charge is 0.393 e. The molecule has 2 heterocycles. The Morgan fingerprint density at radius 1 is 1.31 bits per heavy atom. The topological polar surface area (TPSA) is 157 Å². The average Bonchev–Trinajstić information content (AvgIpc) is 3.37. The van der Waals surface area contributed by atoms with Crippen LogP contribution in [0.5, 0.6) is 0 Å². The Bertz CT molecular complexity index is 850. The van der Waals surface area contributed by atoms with Crippen LogP contribution in [0.1, 0.15) is 52.4 Å². The molecule has 0 aromatic rings. The van der Waals surface area contributed by atoms with Crippen molar-refractivity contribution in [1.82, 2.24) is 15.5 Å². The van der Waals surface area contributed by atoms with Gasteiger partial charge >= 0.3 is 6.18 Å². The van der Waals surface area contributed by atoms with Crippen LogP contribution in [0.2, 0.25) is 0 Å². The van der Waals surface area contributed by atoms with E-state index in [4.69, 9.17) is 16.2 Å². The molecule has 13 heteroatoms. The van der Waals surface area contributed by atoms with Crippen molar-refractivity contribution in [2.45, 2.75) is 88.4 Å². The zero-order valence-corrected chi connectivity index (χ0v) is 19.9.